The molecule has 4 rings (SSSR count). The van der Waals surface area contributed by atoms with Crippen molar-refractivity contribution in [2.75, 3.05) is 19.6 Å². The van der Waals surface area contributed by atoms with E-state index < -0.39 is 12.0 Å². The van der Waals surface area contributed by atoms with E-state index in [9.17, 15) is 14.4 Å². The summed E-state index contributed by atoms with van der Waals surface area (Å²) in [6, 6.07) is 19.3. The molecule has 3 aromatic rings. The van der Waals surface area contributed by atoms with Crippen LogP contribution in [0.4, 0.5) is 0 Å². The van der Waals surface area contributed by atoms with Crippen molar-refractivity contribution < 1.29 is 19.5 Å². The Bertz CT molecular complexity index is 1310. The number of carbonyl (C=O) groups excluding carboxylic acids is 2. The molecule has 198 valence electrons. The third kappa shape index (κ3) is 6.84. The Balaban J connectivity index is 1.51. The summed E-state index contributed by atoms with van der Waals surface area (Å²) in [7, 11) is 0. The Morgan fingerprint density at radius 2 is 1.79 bits per heavy atom. The number of nitrogens with one attached hydrogen (secondary N) is 3. The molecule has 2 aromatic carbocycles. The van der Waals surface area contributed by atoms with Gasteiger partial charge in [0, 0.05) is 19.0 Å². The Hall–Kier alpha value is -4.02. The van der Waals surface area contributed by atoms with Crippen LogP contribution in [-0.4, -0.2) is 59.3 Å². The van der Waals surface area contributed by atoms with E-state index in [2.05, 4.69) is 34.9 Å². The first kappa shape index (κ1) is 27.0. The molecule has 2 heterocycles. The number of hydrogen-bond donors (Lipinski definition) is 5. The molecular weight excluding hydrogens is 502 g/mol. The average molecular weight is 534 g/mol. The number of hydrogen-bond acceptors (Lipinski definition) is 6. The molecule has 1 saturated heterocycles. The lowest BCUT2D eigenvalue weighted by Gasteiger charge is -2.24. The van der Waals surface area contributed by atoms with Gasteiger partial charge in [0.15, 0.2) is 0 Å². The van der Waals surface area contributed by atoms with Crippen LogP contribution in [0.15, 0.2) is 66.0 Å². The molecule has 6 N–H and O–H groups in total. The van der Waals surface area contributed by atoms with Gasteiger partial charge in [-0.15, -0.1) is 11.3 Å². The van der Waals surface area contributed by atoms with Gasteiger partial charge in [-0.05, 0) is 46.5 Å². The molecule has 0 saturated carbocycles. The van der Waals surface area contributed by atoms with Crippen LogP contribution >= 0.6 is 11.3 Å². The van der Waals surface area contributed by atoms with Crippen LogP contribution in [-0.2, 0) is 27.3 Å². The van der Waals surface area contributed by atoms with Gasteiger partial charge >= 0.3 is 5.97 Å². The van der Waals surface area contributed by atoms with Crippen molar-refractivity contribution in [3.05, 3.63) is 93.2 Å². The largest absolute Gasteiger partial charge is 0.480 e. The lowest BCUT2D eigenvalue weighted by Crippen LogP contribution is -2.48. The number of carboxylic acids is 1. The third-order valence-electron chi connectivity index (χ3n) is 6.59. The standard InChI is InChI=1S/C28H31N5O4S/c29-27(30)24-11-19(17-38-24)13-32-28(37)23-12-21(16-33(23)25(34)14-31-15-26(35)36)22-9-5-4-8-20(22)10-18-6-2-1-3-7-18/h1-9,11,17,21,23,31H,10,12-16H2,(H3,29,30)(H,32,37)(H,35,36). The molecule has 0 aliphatic carbocycles. The molecule has 1 aliphatic heterocycles. The topological polar surface area (TPSA) is 149 Å². The summed E-state index contributed by atoms with van der Waals surface area (Å²) in [6.07, 6.45) is 1.21. The number of aliphatic carboxylic acids is 1. The molecule has 38 heavy (non-hydrogen) atoms. The molecule has 2 amide bonds. The van der Waals surface area contributed by atoms with E-state index in [1.54, 1.807) is 11.0 Å². The number of nitrogens with two attached hydrogens (primary N) is 1. The zero-order valence-electron chi connectivity index (χ0n) is 20.9. The molecule has 0 spiro atoms. The smallest absolute Gasteiger partial charge is 0.317 e. The molecule has 1 aromatic heterocycles. The van der Waals surface area contributed by atoms with E-state index in [0.717, 1.165) is 23.1 Å². The molecule has 9 nitrogen and oxygen atoms in total. The van der Waals surface area contributed by atoms with Crippen molar-refractivity contribution in [3.63, 3.8) is 0 Å². The van der Waals surface area contributed by atoms with Crippen molar-refractivity contribution in [1.29, 1.82) is 5.41 Å². The van der Waals surface area contributed by atoms with E-state index in [0.29, 0.717) is 17.8 Å². The highest BCUT2D eigenvalue weighted by molar-refractivity contribution is 7.12. The first-order valence-electron chi connectivity index (χ1n) is 12.3. The van der Waals surface area contributed by atoms with Crippen LogP contribution in [0.2, 0.25) is 0 Å². The number of likely N-dealkylation sites (tertiary alicyclic amines) is 1. The summed E-state index contributed by atoms with van der Waals surface area (Å²) in [5.74, 6) is -1.70. The predicted molar refractivity (Wildman–Crippen MR) is 146 cm³/mol. The van der Waals surface area contributed by atoms with Crippen molar-refractivity contribution in [2.24, 2.45) is 5.73 Å². The lowest BCUT2D eigenvalue weighted by atomic mass is 9.89. The summed E-state index contributed by atoms with van der Waals surface area (Å²) in [6.45, 7) is 0.120. The van der Waals surface area contributed by atoms with Gasteiger partial charge in [0.05, 0.1) is 18.0 Å². The number of carbonyl (C=O) groups is 3. The summed E-state index contributed by atoms with van der Waals surface area (Å²) >= 11 is 1.34. The van der Waals surface area contributed by atoms with E-state index in [4.69, 9.17) is 16.2 Å². The highest BCUT2D eigenvalue weighted by Crippen LogP contribution is 2.34. The molecular formula is C28H31N5O4S. The molecule has 0 bridgehead atoms. The summed E-state index contributed by atoms with van der Waals surface area (Å²) in [4.78, 5) is 39.5. The maximum Gasteiger partial charge on any atom is 0.317 e. The van der Waals surface area contributed by atoms with Gasteiger partial charge in [0.25, 0.3) is 0 Å². The summed E-state index contributed by atoms with van der Waals surface area (Å²) < 4.78 is 0. The first-order chi connectivity index (χ1) is 18.3. The van der Waals surface area contributed by atoms with Gasteiger partial charge in [-0.1, -0.05) is 54.6 Å². The zero-order chi connectivity index (χ0) is 27.1. The second-order valence-electron chi connectivity index (χ2n) is 9.30. The van der Waals surface area contributed by atoms with E-state index in [-0.39, 0.29) is 43.2 Å². The van der Waals surface area contributed by atoms with Crippen LogP contribution in [0.3, 0.4) is 0 Å². The van der Waals surface area contributed by atoms with Crippen molar-refractivity contribution in [1.82, 2.24) is 15.5 Å². The fourth-order valence-corrected chi connectivity index (χ4v) is 5.57. The highest BCUT2D eigenvalue weighted by atomic mass is 32.1. The Morgan fingerprint density at radius 3 is 2.50 bits per heavy atom. The first-order valence-corrected chi connectivity index (χ1v) is 13.2. The van der Waals surface area contributed by atoms with Crippen molar-refractivity contribution in [2.45, 2.75) is 31.3 Å². The number of rotatable bonds is 11. The van der Waals surface area contributed by atoms with Gasteiger partial charge < -0.3 is 21.1 Å². The number of amidine groups is 1. The molecule has 10 heteroatoms. The van der Waals surface area contributed by atoms with Crippen LogP contribution in [0, 0.1) is 5.41 Å². The maximum atomic E-state index is 13.3. The normalized spacial score (nSPS) is 16.8. The molecule has 2 atom stereocenters. The van der Waals surface area contributed by atoms with Gasteiger partial charge in [-0.25, -0.2) is 0 Å². The highest BCUT2D eigenvalue weighted by Gasteiger charge is 2.40. The van der Waals surface area contributed by atoms with Crippen LogP contribution in [0.25, 0.3) is 0 Å². The molecule has 1 aliphatic rings. The van der Waals surface area contributed by atoms with E-state index in [1.165, 1.54) is 16.9 Å². The third-order valence-corrected chi connectivity index (χ3v) is 7.61. The maximum absolute atomic E-state index is 13.3. The zero-order valence-corrected chi connectivity index (χ0v) is 21.7. The fourth-order valence-electron chi connectivity index (χ4n) is 4.79. The minimum atomic E-state index is -1.05. The Labute approximate surface area is 225 Å². The molecule has 2 unspecified atom stereocenters. The van der Waals surface area contributed by atoms with Crippen molar-refractivity contribution >= 4 is 35.0 Å². The van der Waals surface area contributed by atoms with Gasteiger partial charge in [0.1, 0.15) is 11.9 Å². The van der Waals surface area contributed by atoms with Crippen LogP contribution in [0.5, 0.6) is 0 Å². The minimum Gasteiger partial charge on any atom is -0.480 e. The number of thiophene rings is 1. The van der Waals surface area contributed by atoms with Gasteiger partial charge in [-0.3, -0.25) is 25.1 Å². The number of nitrogen functional groups attached to an aromatic ring is 1. The van der Waals surface area contributed by atoms with Gasteiger partial charge in [0.2, 0.25) is 11.8 Å². The van der Waals surface area contributed by atoms with Crippen LogP contribution in [0.1, 0.15) is 39.5 Å². The SMILES string of the molecule is N=C(N)c1cc(CNC(=O)C2CC(c3ccccc3Cc3ccccc3)CN2C(=O)CNCC(=O)O)cs1. The van der Waals surface area contributed by atoms with E-state index >= 15 is 0 Å². The van der Waals surface area contributed by atoms with Gasteiger partial charge in [-0.2, -0.15) is 0 Å². The fraction of sp³-hybridized carbons (Fsp3) is 0.286. The summed E-state index contributed by atoms with van der Waals surface area (Å²) in [5, 5.41) is 23.9. The molecule has 0 radical (unpaired) electrons. The Kier molecular flexibility index (Phi) is 8.88. The number of carboxylic acid groups (broad SMARTS) is 1. The average Bonchev–Trinajstić information content (AvgIpc) is 3.56. The van der Waals surface area contributed by atoms with Crippen LogP contribution < -0.4 is 16.4 Å². The Morgan fingerprint density at radius 1 is 1.05 bits per heavy atom. The monoisotopic (exact) mass is 533 g/mol. The number of amides is 2. The second kappa shape index (κ2) is 12.5. The second-order valence-corrected chi connectivity index (χ2v) is 10.2. The number of benzene rings is 2. The van der Waals surface area contributed by atoms with E-state index in [1.807, 2.05) is 35.7 Å². The lowest BCUT2D eigenvalue weighted by molar-refractivity contribution is -0.138. The summed E-state index contributed by atoms with van der Waals surface area (Å²) in [5.41, 5.74) is 9.81. The quantitative estimate of drug-likeness (QED) is 0.189. The van der Waals surface area contributed by atoms with Crippen molar-refractivity contribution in [3.8, 4) is 0 Å². The predicted octanol–water partition coefficient (Wildman–Crippen LogP) is 2.30. The molecule has 1 fully saturated rings. The minimum absolute atomic E-state index is 0.0222. The number of nitrogens with zero attached hydrogens (tertiary/aromatic N) is 1.